The van der Waals surface area contributed by atoms with E-state index in [0.29, 0.717) is 18.5 Å². The molecule has 1 rings (SSSR count). The van der Waals surface area contributed by atoms with Crippen molar-refractivity contribution < 1.29 is 9.53 Å². The van der Waals surface area contributed by atoms with Crippen LogP contribution in [0.2, 0.25) is 0 Å². The van der Waals surface area contributed by atoms with Crippen LogP contribution in [0.1, 0.15) is 47.5 Å². The first kappa shape index (κ1) is 19.4. The molecule has 3 N–H and O–H groups in total. The van der Waals surface area contributed by atoms with Crippen molar-refractivity contribution in [3.8, 4) is 0 Å². The molecule has 0 aliphatic carbocycles. The van der Waals surface area contributed by atoms with Crippen LogP contribution in [0, 0.1) is 11.3 Å². The van der Waals surface area contributed by atoms with Gasteiger partial charge >= 0.3 is 0 Å². The highest BCUT2D eigenvalue weighted by atomic mass is 16.5. The van der Waals surface area contributed by atoms with Gasteiger partial charge in [-0.2, -0.15) is 0 Å². The van der Waals surface area contributed by atoms with E-state index in [2.05, 4.69) is 24.1 Å². The van der Waals surface area contributed by atoms with E-state index in [1.165, 1.54) is 0 Å². The number of hydrogen-bond acceptors (Lipinski definition) is 4. The number of nitrogens with one attached hydrogen (secondary N) is 1. The number of carbonyl (C=O) groups is 1. The van der Waals surface area contributed by atoms with Crippen LogP contribution in [0.3, 0.4) is 0 Å². The third-order valence-corrected chi connectivity index (χ3v) is 4.81. The summed E-state index contributed by atoms with van der Waals surface area (Å²) in [5.74, 6) is 0.543. The maximum absolute atomic E-state index is 12.3. The van der Waals surface area contributed by atoms with Gasteiger partial charge in [-0.1, -0.05) is 47.5 Å². The zero-order valence-electron chi connectivity index (χ0n) is 15.0. The van der Waals surface area contributed by atoms with E-state index in [9.17, 15) is 4.79 Å². The van der Waals surface area contributed by atoms with E-state index in [1.807, 2.05) is 20.8 Å². The molecule has 1 saturated heterocycles. The molecule has 1 fully saturated rings. The number of nitrogens with two attached hydrogens (primary N) is 1. The first-order chi connectivity index (χ1) is 10.3. The molecule has 0 aromatic heterocycles. The normalized spacial score (nSPS) is 20.0. The highest BCUT2D eigenvalue weighted by Gasteiger charge is 2.30. The lowest BCUT2D eigenvalue weighted by Gasteiger charge is -2.39. The number of ether oxygens (including phenoxy) is 1. The number of hydrogen-bond donors (Lipinski definition) is 2. The summed E-state index contributed by atoms with van der Waals surface area (Å²) < 4.78 is 5.46. The van der Waals surface area contributed by atoms with Gasteiger partial charge < -0.3 is 15.8 Å². The second-order valence-corrected chi connectivity index (χ2v) is 7.38. The van der Waals surface area contributed by atoms with Crippen molar-refractivity contribution in [1.29, 1.82) is 0 Å². The molecule has 5 nitrogen and oxygen atoms in total. The maximum Gasteiger partial charge on any atom is 0.237 e. The van der Waals surface area contributed by atoms with Gasteiger partial charge in [-0.3, -0.25) is 9.69 Å². The lowest BCUT2D eigenvalue weighted by Crippen LogP contribution is -2.55. The molecule has 1 heterocycles. The van der Waals surface area contributed by atoms with Gasteiger partial charge in [0.2, 0.25) is 5.91 Å². The van der Waals surface area contributed by atoms with Crippen molar-refractivity contribution in [3.63, 3.8) is 0 Å². The summed E-state index contributed by atoms with van der Waals surface area (Å²) in [5.41, 5.74) is 5.84. The molecule has 5 heteroatoms. The standard InChI is InChI=1S/C17H35N3O2/c1-6-13(7-2)14(20-8-10-22-11-9-20)12-19-16(21)15(18)17(3,4)5/h13-15H,6-12,18H2,1-5H3,(H,19,21)/t14?,15-/m1/s1. The topological polar surface area (TPSA) is 67.6 Å². The smallest absolute Gasteiger partial charge is 0.237 e. The van der Waals surface area contributed by atoms with Gasteiger partial charge in [0.1, 0.15) is 0 Å². The Morgan fingerprint density at radius 3 is 2.23 bits per heavy atom. The van der Waals surface area contributed by atoms with Crippen molar-refractivity contribution in [2.24, 2.45) is 17.1 Å². The van der Waals surface area contributed by atoms with Crippen LogP contribution in [-0.2, 0) is 9.53 Å². The fraction of sp³-hybridized carbons (Fsp3) is 0.941. The molecule has 1 unspecified atom stereocenters. The molecule has 0 aromatic carbocycles. The fourth-order valence-corrected chi connectivity index (χ4v) is 3.04. The van der Waals surface area contributed by atoms with Gasteiger partial charge in [0.25, 0.3) is 0 Å². The summed E-state index contributed by atoms with van der Waals surface area (Å²) in [7, 11) is 0. The minimum atomic E-state index is -0.473. The lowest BCUT2D eigenvalue weighted by molar-refractivity contribution is -0.125. The molecule has 0 spiro atoms. The van der Waals surface area contributed by atoms with Gasteiger partial charge in [-0.25, -0.2) is 0 Å². The molecule has 0 saturated carbocycles. The van der Waals surface area contributed by atoms with E-state index in [-0.39, 0.29) is 11.3 Å². The van der Waals surface area contributed by atoms with Crippen LogP contribution in [0.5, 0.6) is 0 Å². The average molecular weight is 313 g/mol. The largest absolute Gasteiger partial charge is 0.379 e. The van der Waals surface area contributed by atoms with E-state index < -0.39 is 6.04 Å². The summed E-state index contributed by atoms with van der Waals surface area (Å²) in [6.07, 6.45) is 2.25. The third kappa shape index (κ3) is 5.52. The van der Waals surface area contributed by atoms with Crippen molar-refractivity contribution in [2.45, 2.75) is 59.5 Å². The van der Waals surface area contributed by atoms with Crippen LogP contribution in [0.15, 0.2) is 0 Å². The Kier molecular flexibility index (Phi) is 7.80. The lowest BCUT2D eigenvalue weighted by atomic mass is 9.86. The Labute approximate surface area is 135 Å². The molecule has 1 aliphatic heterocycles. The number of morpholine rings is 1. The number of carbonyl (C=O) groups excluding carboxylic acids is 1. The zero-order chi connectivity index (χ0) is 16.8. The van der Waals surface area contributed by atoms with E-state index >= 15 is 0 Å². The van der Waals surface area contributed by atoms with Crippen molar-refractivity contribution in [1.82, 2.24) is 10.2 Å². The van der Waals surface area contributed by atoms with Crippen molar-refractivity contribution in [3.05, 3.63) is 0 Å². The molecule has 0 aromatic rings. The molecular weight excluding hydrogens is 278 g/mol. The van der Waals surface area contributed by atoms with E-state index in [0.717, 1.165) is 39.1 Å². The minimum absolute atomic E-state index is 0.0447. The number of rotatable bonds is 7. The SMILES string of the molecule is CCC(CC)C(CNC(=O)[C@@H](N)C(C)(C)C)N1CCOCC1. The molecule has 22 heavy (non-hydrogen) atoms. The molecule has 2 atom stereocenters. The van der Waals surface area contributed by atoms with Crippen LogP contribution >= 0.6 is 0 Å². The first-order valence-corrected chi connectivity index (χ1v) is 8.66. The van der Waals surface area contributed by atoms with Crippen molar-refractivity contribution >= 4 is 5.91 Å². The van der Waals surface area contributed by atoms with Gasteiger partial charge in [0.05, 0.1) is 19.3 Å². The first-order valence-electron chi connectivity index (χ1n) is 8.66. The molecule has 0 bridgehead atoms. The monoisotopic (exact) mass is 313 g/mol. The highest BCUT2D eigenvalue weighted by Crippen LogP contribution is 2.20. The number of amides is 1. The quantitative estimate of drug-likeness (QED) is 0.749. The third-order valence-electron chi connectivity index (χ3n) is 4.81. The zero-order valence-corrected chi connectivity index (χ0v) is 15.0. The van der Waals surface area contributed by atoms with Crippen molar-refractivity contribution in [2.75, 3.05) is 32.8 Å². The minimum Gasteiger partial charge on any atom is -0.379 e. The van der Waals surface area contributed by atoms with E-state index in [4.69, 9.17) is 10.5 Å². The van der Waals surface area contributed by atoms with Gasteiger partial charge in [-0.05, 0) is 11.3 Å². The van der Waals surface area contributed by atoms with Crippen LogP contribution < -0.4 is 11.1 Å². The Morgan fingerprint density at radius 1 is 1.23 bits per heavy atom. The summed E-state index contributed by atoms with van der Waals surface area (Å²) >= 11 is 0. The summed E-state index contributed by atoms with van der Waals surface area (Å²) in [6.45, 7) is 14.6. The molecule has 1 aliphatic rings. The van der Waals surface area contributed by atoms with Gasteiger partial charge in [-0.15, -0.1) is 0 Å². The van der Waals surface area contributed by atoms with E-state index in [1.54, 1.807) is 0 Å². The second-order valence-electron chi connectivity index (χ2n) is 7.38. The molecule has 1 amide bonds. The van der Waals surface area contributed by atoms with Gasteiger partial charge in [0.15, 0.2) is 0 Å². The van der Waals surface area contributed by atoms with Gasteiger partial charge in [0, 0.05) is 25.7 Å². The summed E-state index contributed by atoms with van der Waals surface area (Å²) in [4.78, 5) is 14.8. The van der Waals surface area contributed by atoms with Crippen LogP contribution in [0.25, 0.3) is 0 Å². The Hall–Kier alpha value is -0.650. The maximum atomic E-state index is 12.3. The highest BCUT2D eigenvalue weighted by molar-refractivity contribution is 5.82. The Morgan fingerprint density at radius 2 is 1.77 bits per heavy atom. The predicted molar refractivity (Wildman–Crippen MR) is 90.7 cm³/mol. The summed E-state index contributed by atoms with van der Waals surface area (Å²) in [6, 6.07) is -0.102. The fourth-order valence-electron chi connectivity index (χ4n) is 3.04. The number of nitrogens with zero attached hydrogens (tertiary/aromatic N) is 1. The van der Waals surface area contributed by atoms with Crippen LogP contribution in [-0.4, -0.2) is 55.7 Å². The predicted octanol–water partition coefficient (Wildman–Crippen LogP) is 1.61. The van der Waals surface area contributed by atoms with Crippen LogP contribution in [0.4, 0.5) is 0 Å². The molecule has 130 valence electrons. The Balaban J connectivity index is 2.66. The second kappa shape index (κ2) is 8.85. The average Bonchev–Trinajstić information content (AvgIpc) is 2.50. The Bertz CT molecular complexity index is 331. The molecular formula is C17H35N3O2. The summed E-state index contributed by atoms with van der Waals surface area (Å²) in [5, 5.41) is 3.09. The molecule has 0 radical (unpaired) electrons.